The van der Waals surface area contributed by atoms with Gasteiger partial charge in [-0.05, 0) is 13.0 Å². The predicted octanol–water partition coefficient (Wildman–Crippen LogP) is 1.72. The fraction of sp³-hybridized carbons (Fsp3) is 0.385. The summed E-state index contributed by atoms with van der Waals surface area (Å²) in [6.45, 7) is 6.72. The molecular formula is C13H19NO2. The molecule has 3 nitrogen and oxygen atoms in total. The molecule has 0 aliphatic rings. The quantitative estimate of drug-likeness (QED) is 0.719. The van der Waals surface area contributed by atoms with Crippen molar-refractivity contribution in [3.8, 4) is 0 Å². The summed E-state index contributed by atoms with van der Waals surface area (Å²) >= 11 is 0. The van der Waals surface area contributed by atoms with Gasteiger partial charge in [0.25, 0.3) is 0 Å². The third-order valence-corrected chi connectivity index (χ3v) is 2.45. The van der Waals surface area contributed by atoms with Crippen LogP contribution in [0.5, 0.6) is 0 Å². The van der Waals surface area contributed by atoms with Gasteiger partial charge >= 0.3 is 0 Å². The van der Waals surface area contributed by atoms with Crippen LogP contribution in [0.1, 0.15) is 18.6 Å². The van der Waals surface area contributed by atoms with Crippen LogP contribution in [0.3, 0.4) is 0 Å². The number of benzene rings is 1. The van der Waals surface area contributed by atoms with Crippen LogP contribution in [0, 0.1) is 0 Å². The Hall–Kier alpha value is -1.32. The van der Waals surface area contributed by atoms with Crippen LogP contribution in [-0.4, -0.2) is 29.9 Å². The van der Waals surface area contributed by atoms with Gasteiger partial charge in [0.2, 0.25) is 0 Å². The van der Waals surface area contributed by atoms with E-state index in [2.05, 4.69) is 6.58 Å². The Bertz CT molecular complexity index is 336. The van der Waals surface area contributed by atoms with E-state index in [1.807, 2.05) is 29.2 Å². The molecule has 0 radical (unpaired) electrons. The second kappa shape index (κ2) is 6.30. The van der Waals surface area contributed by atoms with Gasteiger partial charge in [0.05, 0.1) is 12.7 Å². The summed E-state index contributed by atoms with van der Waals surface area (Å²) in [5.74, 6) is 0. The smallest absolute Gasteiger partial charge is 0.0781 e. The maximum atomic E-state index is 9.67. The van der Waals surface area contributed by atoms with Gasteiger partial charge in [-0.25, -0.2) is 0 Å². The van der Waals surface area contributed by atoms with Gasteiger partial charge < -0.3 is 15.1 Å². The monoisotopic (exact) mass is 221 g/mol. The fourth-order valence-electron chi connectivity index (χ4n) is 1.72. The molecule has 0 aliphatic heterocycles. The van der Waals surface area contributed by atoms with Crippen molar-refractivity contribution in [3.63, 3.8) is 0 Å². The Morgan fingerprint density at radius 3 is 2.69 bits per heavy atom. The standard InChI is InChI=1S/C13H19NO2/c1-3-8-14(9-10-15)13-7-5-4-6-12(13)11(2)16/h3-7,11,15-16H,1,8-10H2,2H3. The lowest BCUT2D eigenvalue weighted by Crippen LogP contribution is -2.27. The minimum atomic E-state index is -0.512. The summed E-state index contributed by atoms with van der Waals surface area (Å²) < 4.78 is 0. The molecule has 0 saturated heterocycles. The molecule has 1 unspecified atom stereocenters. The van der Waals surface area contributed by atoms with Crippen LogP contribution < -0.4 is 4.90 Å². The van der Waals surface area contributed by atoms with E-state index in [1.165, 1.54) is 0 Å². The number of nitrogens with zero attached hydrogens (tertiary/aromatic N) is 1. The largest absolute Gasteiger partial charge is 0.395 e. The summed E-state index contributed by atoms with van der Waals surface area (Å²) in [7, 11) is 0. The molecule has 0 spiro atoms. The van der Waals surface area contributed by atoms with Crippen molar-refractivity contribution in [2.24, 2.45) is 0 Å². The summed E-state index contributed by atoms with van der Waals surface area (Å²) in [6.07, 6.45) is 1.27. The molecule has 0 aromatic heterocycles. The highest BCUT2D eigenvalue weighted by Crippen LogP contribution is 2.25. The molecule has 0 saturated carbocycles. The lowest BCUT2D eigenvalue weighted by molar-refractivity contribution is 0.199. The molecule has 88 valence electrons. The molecule has 3 heteroatoms. The van der Waals surface area contributed by atoms with E-state index in [0.717, 1.165) is 11.3 Å². The first kappa shape index (κ1) is 12.7. The van der Waals surface area contributed by atoms with E-state index >= 15 is 0 Å². The van der Waals surface area contributed by atoms with E-state index in [1.54, 1.807) is 13.0 Å². The Balaban J connectivity index is 3.01. The molecule has 0 fully saturated rings. The lowest BCUT2D eigenvalue weighted by atomic mass is 10.1. The first-order chi connectivity index (χ1) is 7.70. The van der Waals surface area contributed by atoms with Gasteiger partial charge in [-0.15, -0.1) is 6.58 Å². The predicted molar refractivity (Wildman–Crippen MR) is 66.6 cm³/mol. The van der Waals surface area contributed by atoms with Crippen molar-refractivity contribution in [1.82, 2.24) is 0 Å². The molecule has 1 aromatic carbocycles. The average Bonchev–Trinajstić information content (AvgIpc) is 2.29. The van der Waals surface area contributed by atoms with Crippen molar-refractivity contribution in [2.75, 3.05) is 24.6 Å². The first-order valence-corrected chi connectivity index (χ1v) is 5.44. The number of aliphatic hydroxyl groups excluding tert-OH is 2. The average molecular weight is 221 g/mol. The van der Waals surface area contributed by atoms with Gasteiger partial charge in [0.15, 0.2) is 0 Å². The molecule has 0 heterocycles. The van der Waals surface area contributed by atoms with E-state index in [-0.39, 0.29) is 6.61 Å². The lowest BCUT2D eigenvalue weighted by Gasteiger charge is -2.26. The number of hydrogen-bond acceptors (Lipinski definition) is 3. The van der Waals surface area contributed by atoms with Crippen molar-refractivity contribution >= 4 is 5.69 Å². The summed E-state index contributed by atoms with van der Waals surface area (Å²) in [6, 6.07) is 7.67. The second-order valence-corrected chi connectivity index (χ2v) is 3.69. The van der Waals surface area contributed by atoms with Crippen LogP contribution in [0.15, 0.2) is 36.9 Å². The molecule has 0 aliphatic carbocycles. The van der Waals surface area contributed by atoms with Crippen molar-refractivity contribution < 1.29 is 10.2 Å². The minimum absolute atomic E-state index is 0.0853. The molecule has 0 amide bonds. The summed E-state index contributed by atoms with van der Waals surface area (Å²) in [5, 5.41) is 18.7. The molecule has 2 N–H and O–H groups in total. The van der Waals surface area contributed by atoms with Gasteiger partial charge in [0.1, 0.15) is 0 Å². The Morgan fingerprint density at radius 1 is 1.44 bits per heavy atom. The number of rotatable bonds is 6. The normalized spacial score (nSPS) is 12.2. The third kappa shape index (κ3) is 3.08. The number of hydrogen-bond donors (Lipinski definition) is 2. The second-order valence-electron chi connectivity index (χ2n) is 3.69. The highest BCUT2D eigenvalue weighted by molar-refractivity contribution is 5.55. The van der Waals surface area contributed by atoms with E-state index < -0.39 is 6.10 Å². The SMILES string of the molecule is C=CCN(CCO)c1ccccc1C(C)O. The Labute approximate surface area is 96.6 Å². The van der Waals surface area contributed by atoms with Crippen molar-refractivity contribution in [1.29, 1.82) is 0 Å². The van der Waals surface area contributed by atoms with Crippen molar-refractivity contribution in [2.45, 2.75) is 13.0 Å². The van der Waals surface area contributed by atoms with Crippen LogP contribution in [-0.2, 0) is 0 Å². The Morgan fingerprint density at radius 2 is 2.12 bits per heavy atom. The molecule has 1 rings (SSSR count). The fourth-order valence-corrected chi connectivity index (χ4v) is 1.72. The summed E-state index contributed by atoms with van der Waals surface area (Å²) in [4.78, 5) is 2.00. The van der Waals surface area contributed by atoms with Gasteiger partial charge in [-0.2, -0.15) is 0 Å². The van der Waals surface area contributed by atoms with Gasteiger partial charge in [-0.1, -0.05) is 24.3 Å². The molecule has 1 atom stereocenters. The third-order valence-electron chi connectivity index (χ3n) is 2.45. The zero-order valence-corrected chi connectivity index (χ0v) is 9.63. The highest BCUT2D eigenvalue weighted by atomic mass is 16.3. The zero-order chi connectivity index (χ0) is 12.0. The molecule has 1 aromatic rings. The van der Waals surface area contributed by atoms with Crippen LogP contribution in [0.2, 0.25) is 0 Å². The number of anilines is 1. The topological polar surface area (TPSA) is 43.7 Å². The van der Waals surface area contributed by atoms with E-state index in [9.17, 15) is 5.11 Å². The van der Waals surface area contributed by atoms with E-state index in [0.29, 0.717) is 13.1 Å². The van der Waals surface area contributed by atoms with Gasteiger partial charge in [0, 0.05) is 24.3 Å². The maximum Gasteiger partial charge on any atom is 0.0781 e. The molecular weight excluding hydrogens is 202 g/mol. The van der Waals surface area contributed by atoms with Crippen LogP contribution in [0.4, 0.5) is 5.69 Å². The minimum Gasteiger partial charge on any atom is -0.395 e. The summed E-state index contributed by atoms with van der Waals surface area (Å²) in [5.41, 5.74) is 1.82. The zero-order valence-electron chi connectivity index (χ0n) is 9.63. The maximum absolute atomic E-state index is 9.67. The highest BCUT2D eigenvalue weighted by Gasteiger charge is 2.12. The van der Waals surface area contributed by atoms with Crippen LogP contribution >= 0.6 is 0 Å². The molecule has 0 bridgehead atoms. The van der Waals surface area contributed by atoms with Crippen LogP contribution in [0.25, 0.3) is 0 Å². The van der Waals surface area contributed by atoms with Crippen molar-refractivity contribution in [3.05, 3.63) is 42.5 Å². The first-order valence-electron chi connectivity index (χ1n) is 5.44. The van der Waals surface area contributed by atoms with Gasteiger partial charge in [-0.3, -0.25) is 0 Å². The Kier molecular flexibility index (Phi) is 5.02. The number of para-hydroxylation sites is 1. The van der Waals surface area contributed by atoms with E-state index in [4.69, 9.17) is 5.11 Å². The number of aliphatic hydroxyl groups is 2. The molecule has 16 heavy (non-hydrogen) atoms.